The van der Waals surface area contributed by atoms with Crippen molar-refractivity contribution in [2.24, 2.45) is 0 Å². The van der Waals surface area contributed by atoms with Crippen molar-refractivity contribution >= 4 is 17.4 Å². The summed E-state index contributed by atoms with van der Waals surface area (Å²) in [7, 11) is 2.01. The zero-order valence-electron chi connectivity index (χ0n) is 15.9. The van der Waals surface area contributed by atoms with Crippen LogP contribution in [0.3, 0.4) is 0 Å². The summed E-state index contributed by atoms with van der Waals surface area (Å²) in [6, 6.07) is 17.0. The number of nitrogens with zero attached hydrogens (tertiary/aromatic N) is 3. The molecule has 2 amide bonds. The van der Waals surface area contributed by atoms with Gasteiger partial charge in [0.15, 0.2) is 0 Å². The topological polar surface area (TPSA) is 79.4 Å². The monoisotopic (exact) mass is 377 g/mol. The summed E-state index contributed by atoms with van der Waals surface area (Å²) in [5.74, 6) is 1.03. The lowest BCUT2D eigenvalue weighted by Gasteiger charge is -2.27. The number of urea groups is 1. The van der Waals surface area contributed by atoms with Crippen molar-refractivity contribution in [3.8, 4) is 11.6 Å². The fraction of sp³-hybridized carbons (Fsp3) is 0.190. The van der Waals surface area contributed by atoms with Gasteiger partial charge in [-0.05, 0) is 43.3 Å². The summed E-state index contributed by atoms with van der Waals surface area (Å²) in [5.41, 5.74) is 1.78. The van der Waals surface area contributed by atoms with Crippen LogP contribution in [0.2, 0.25) is 0 Å². The number of ether oxygens (including phenoxy) is 1. The highest BCUT2D eigenvalue weighted by atomic mass is 16.5. The lowest BCUT2D eigenvalue weighted by Crippen LogP contribution is -2.41. The molecule has 0 radical (unpaired) electrons. The number of carbonyl (C=O) groups is 1. The number of anilines is 2. The Bertz CT molecular complexity index is 872. The molecule has 0 fully saturated rings. The van der Waals surface area contributed by atoms with Crippen LogP contribution in [0.4, 0.5) is 16.2 Å². The second-order valence-electron chi connectivity index (χ2n) is 6.30. The molecule has 7 nitrogen and oxygen atoms in total. The number of likely N-dealkylation sites (N-methyl/N-ethyl adjacent to an activating group) is 1. The number of nitrogens with one attached hydrogen (secondary N) is 2. The van der Waals surface area contributed by atoms with Gasteiger partial charge in [0.25, 0.3) is 0 Å². The Morgan fingerprint density at radius 2 is 1.86 bits per heavy atom. The Kier molecular flexibility index (Phi) is 6.41. The standard InChI is InChI=1S/C21H23N5O2/c1-16(26(2)18-6-4-3-5-7-18)14-24-21(27)25-17-8-10-19(11-9-17)28-20-15-22-12-13-23-20/h3-13,15-16H,14H2,1-2H3,(H2,24,25,27). The zero-order chi connectivity index (χ0) is 19.8. The molecule has 28 heavy (non-hydrogen) atoms. The van der Waals surface area contributed by atoms with Gasteiger partial charge in [-0.15, -0.1) is 0 Å². The molecule has 144 valence electrons. The molecule has 1 heterocycles. The third-order valence-electron chi connectivity index (χ3n) is 4.26. The normalized spacial score (nSPS) is 11.4. The smallest absolute Gasteiger partial charge is 0.319 e. The van der Waals surface area contributed by atoms with Gasteiger partial charge < -0.3 is 20.3 Å². The molecule has 2 aromatic carbocycles. The van der Waals surface area contributed by atoms with Gasteiger partial charge in [-0.25, -0.2) is 9.78 Å². The molecule has 0 saturated heterocycles. The Balaban J connectivity index is 1.46. The van der Waals surface area contributed by atoms with Gasteiger partial charge in [0, 0.05) is 43.4 Å². The molecule has 1 atom stereocenters. The van der Waals surface area contributed by atoms with Gasteiger partial charge in [0.2, 0.25) is 5.88 Å². The van der Waals surface area contributed by atoms with Crippen molar-refractivity contribution in [2.45, 2.75) is 13.0 Å². The van der Waals surface area contributed by atoms with Gasteiger partial charge >= 0.3 is 6.03 Å². The number of amides is 2. The maximum atomic E-state index is 12.2. The van der Waals surface area contributed by atoms with Gasteiger partial charge in [0.05, 0.1) is 6.20 Å². The predicted molar refractivity (Wildman–Crippen MR) is 110 cm³/mol. The molecular weight excluding hydrogens is 354 g/mol. The van der Waals surface area contributed by atoms with Crippen LogP contribution in [-0.4, -0.2) is 35.6 Å². The molecular formula is C21H23N5O2. The van der Waals surface area contributed by atoms with Gasteiger partial charge in [-0.1, -0.05) is 18.2 Å². The first-order valence-corrected chi connectivity index (χ1v) is 8.98. The summed E-state index contributed by atoms with van der Waals surface area (Å²) in [5, 5.41) is 5.71. The fourth-order valence-corrected chi connectivity index (χ4v) is 2.54. The molecule has 0 saturated carbocycles. The SMILES string of the molecule is CC(CNC(=O)Nc1ccc(Oc2cnccn2)cc1)N(C)c1ccccc1. The van der Waals surface area contributed by atoms with Crippen LogP contribution in [0.5, 0.6) is 11.6 Å². The number of hydrogen-bond acceptors (Lipinski definition) is 5. The van der Waals surface area contributed by atoms with Crippen molar-refractivity contribution in [3.63, 3.8) is 0 Å². The van der Waals surface area contributed by atoms with E-state index in [0.29, 0.717) is 23.9 Å². The highest BCUT2D eigenvalue weighted by molar-refractivity contribution is 5.89. The van der Waals surface area contributed by atoms with E-state index in [1.807, 2.05) is 37.4 Å². The quantitative estimate of drug-likeness (QED) is 0.652. The Morgan fingerprint density at radius 1 is 1.11 bits per heavy atom. The number of para-hydroxylation sites is 1. The number of carbonyl (C=O) groups excluding carboxylic acids is 1. The number of hydrogen-bond donors (Lipinski definition) is 2. The van der Waals surface area contributed by atoms with E-state index in [2.05, 4.69) is 32.4 Å². The second kappa shape index (κ2) is 9.36. The van der Waals surface area contributed by atoms with Crippen LogP contribution in [-0.2, 0) is 0 Å². The molecule has 1 aromatic heterocycles. The first-order valence-electron chi connectivity index (χ1n) is 8.98. The van der Waals surface area contributed by atoms with Crippen LogP contribution in [0.1, 0.15) is 6.92 Å². The molecule has 0 bridgehead atoms. The fourth-order valence-electron chi connectivity index (χ4n) is 2.54. The maximum Gasteiger partial charge on any atom is 0.319 e. The molecule has 2 N–H and O–H groups in total. The Labute approximate surface area is 164 Å². The summed E-state index contributed by atoms with van der Waals surface area (Å²) in [6.07, 6.45) is 4.68. The van der Waals surface area contributed by atoms with Crippen LogP contribution in [0.25, 0.3) is 0 Å². The molecule has 0 aliphatic carbocycles. The average Bonchev–Trinajstić information content (AvgIpc) is 2.74. The Morgan fingerprint density at radius 3 is 2.54 bits per heavy atom. The summed E-state index contributed by atoms with van der Waals surface area (Å²) in [6.45, 7) is 2.58. The lowest BCUT2D eigenvalue weighted by molar-refractivity contribution is 0.251. The van der Waals surface area contributed by atoms with E-state index >= 15 is 0 Å². The van der Waals surface area contributed by atoms with Gasteiger partial charge in [-0.2, -0.15) is 0 Å². The number of benzene rings is 2. The van der Waals surface area contributed by atoms with E-state index in [0.717, 1.165) is 5.69 Å². The van der Waals surface area contributed by atoms with E-state index in [9.17, 15) is 4.79 Å². The predicted octanol–water partition coefficient (Wildman–Crippen LogP) is 3.92. The number of aromatic nitrogens is 2. The van der Waals surface area contributed by atoms with E-state index in [-0.39, 0.29) is 12.1 Å². The minimum Gasteiger partial charge on any atom is -0.438 e. The Hall–Kier alpha value is -3.61. The summed E-state index contributed by atoms with van der Waals surface area (Å²) < 4.78 is 5.58. The van der Waals surface area contributed by atoms with E-state index in [1.54, 1.807) is 36.7 Å². The van der Waals surface area contributed by atoms with Crippen molar-refractivity contribution in [2.75, 3.05) is 23.8 Å². The van der Waals surface area contributed by atoms with E-state index in [4.69, 9.17) is 4.74 Å². The van der Waals surface area contributed by atoms with Crippen molar-refractivity contribution in [1.29, 1.82) is 0 Å². The number of rotatable bonds is 7. The second-order valence-corrected chi connectivity index (χ2v) is 6.30. The first kappa shape index (κ1) is 19.2. The van der Waals surface area contributed by atoms with E-state index in [1.165, 1.54) is 6.20 Å². The van der Waals surface area contributed by atoms with Crippen LogP contribution in [0, 0.1) is 0 Å². The third kappa shape index (κ3) is 5.44. The average molecular weight is 377 g/mol. The summed E-state index contributed by atoms with van der Waals surface area (Å²) in [4.78, 5) is 22.3. The highest BCUT2D eigenvalue weighted by Crippen LogP contribution is 2.20. The molecule has 0 spiro atoms. The maximum absolute atomic E-state index is 12.2. The molecule has 3 aromatic rings. The molecule has 0 aliphatic heterocycles. The largest absolute Gasteiger partial charge is 0.438 e. The van der Waals surface area contributed by atoms with E-state index < -0.39 is 0 Å². The van der Waals surface area contributed by atoms with Crippen molar-refractivity contribution < 1.29 is 9.53 Å². The van der Waals surface area contributed by atoms with Gasteiger partial charge in [-0.3, -0.25) is 4.98 Å². The van der Waals surface area contributed by atoms with Crippen LogP contribution >= 0.6 is 0 Å². The van der Waals surface area contributed by atoms with Crippen LogP contribution < -0.4 is 20.3 Å². The third-order valence-corrected chi connectivity index (χ3v) is 4.26. The molecule has 0 aliphatic rings. The minimum atomic E-state index is -0.254. The van der Waals surface area contributed by atoms with Crippen LogP contribution in [0.15, 0.2) is 73.2 Å². The summed E-state index contributed by atoms with van der Waals surface area (Å²) >= 11 is 0. The van der Waals surface area contributed by atoms with Crippen molar-refractivity contribution in [3.05, 3.63) is 73.2 Å². The highest BCUT2D eigenvalue weighted by Gasteiger charge is 2.11. The molecule has 7 heteroatoms. The van der Waals surface area contributed by atoms with Gasteiger partial charge in [0.1, 0.15) is 5.75 Å². The van der Waals surface area contributed by atoms with Crippen molar-refractivity contribution in [1.82, 2.24) is 15.3 Å². The first-order chi connectivity index (χ1) is 13.6. The lowest BCUT2D eigenvalue weighted by atomic mass is 10.2. The zero-order valence-corrected chi connectivity index (χ0v) is 15.9. The molecule has 1 unspecified atom stereocenters. The molecule has 3 rings (SSSR count). The minimum absolute atomic E-state index is 0.149.